The summed E-state index contributed by atoms with van der Waals surface area (Å²) in [5.41, 5.74) is 1.12. The Bertz CT molecular complexity index is 321. The first-order valence-electron chi connectivity index (χ1n) is 3.92. The molecule has 13 heavy (non-hydrogen) atoms. The molecular weight excluding hydrogens is 230 g/mol. The molecule has 1 aromatic rings. The first-order chi connectivity index (χ1) is 6.09. The normalized spacial score (nSPS) is 10.8. The third-order valence-corrected chi connectivity index (χ3v) is 1.95. The van der Waals surface area contributed by atoms with Crippen molar-refractivity contribution in [2.24, 2.45) is 4.99 Å². The largest absolute Gasteiger partial charge is 0.369 e. The molecule has 0 fully saturated rings. The van der Waals surface area contributed by atoms with Crippen LogP contribution in [0.5, 0.6) is 0 Å². The second kappa shape index (κ2) is 4.37. The van der Waals surface area contributed by atoms with Gasteiger partial charge in [0.1, 0.15) is 0 Å². The Hall–Kier alpha value is -0.900. The molecule has 1 heterocycles. The van der Waals surface area contributed by atoms with Crippen molar-refractivity contribution in [3.8, 4) is 0 Å². The molecule has 0 radical (unpaired) electrons. The minimum atomic E-state index is 0.708. The van der Waals surface area contributed by atoms with Crippen molar-refractivity contribution in [1.82, 2.24) is 9.88 Å². The molecule has 0 aliphatic heterocycles. The van der Waals surface area contributed by atoms with Crippen LogP contribution in [0.25, 0.3) is 0 Å². The molecule has 70 valence electrons. The van der Waals surface area contributed by atoms with Crippen LogP contribution in [0.4, 0.5) is 5.82 Å². The Morgan fingerprint density at radius 2 is 2.23 bits per heavy atom. The molecule has 0 unspecified atom stereocenters. The molecule has 1 aromatic heterocycles. The molecule has 0 spiro atoms. The smallest absolute Gasteiger partial charge is 0.167 e. The summed E-state index contributed by atoms with van der Waals surface area (Å²) in [6.45, 7) is 2.00. The minimum absolute atomic E-state index is 0.708. The lowest BCUT2D eigenvalue weighted by Gasteiger charge is -2.03. The molecule has 0 saturated heterocycles. The molecule has 0 bridgehead atoms. The predicted molar refractivity (Wildman–Crippen MR) is 58.5 cm³/mol. The van der Waals surface area contributed by atoms with Crippen molar-refractivity contribution in [2.75, 3.05) is 14.1 Å². The maximum Gasteiger partial charge on any atom is 0.167 e. The van der Waals surface area contributed by atoms with Gasteiger partial charge in [-0.05, 0) is 34.5 Å². The molecular formula is C9H12BrN3. The highest BCUT2D eigenvalue weighted by molar-refractivity contribution is 9.10. The van der Waals surface area contributed by atoms with E-state index in [0.717, 1.165) is 10.0 Å². The first-order valence-corrected chi connectivity index (χ1v) is 4.71. The highest BCUT2D eigenvalue weighted by Crippen LogP contribution is 2.22. The Kier molecular flexibility index (Phi) is 3.42. The lowest BCUT2D eigenvalue weighted by molar-refractivity contribution is 0.643. The number of hydrogen-bond donors (Lipinski definition) is 0. The number of rotatable bonds is 2. The van der Waals surface area contributed by atoms with E-state index in [-0.39, 0.29) is 0 Å². The Morgan fingerprint density at radius 3 is 2.77 bits per heavy atom. The fraction of sp³-hybridized carbons (Fsp3) is 0.333. The van der Waals surface area contributed by atoms with E-state index < -0.39 is 0 Å². The van der Waals surface area contributed by atoms with Crippen LogP contribution in [0.1, 0.15) is 5.56 Å². The van der Waals surface area contributed by atoms with Crippen LogP contribution in [-0.4, -0.2) is 30.3 Å². The monoisotopic (exact) mass is 241 g/mol. The number of aryl methyl sites for hydroxylation is 1. The van der Waals surface area contributed by atoms with E-state index >= 15 is 0 Å². The van der Waals surface area contributed by atoms with Crippen LogP contribution in [-0.2, 0) is 0 Å². The second-order valence-corrected chi connectivity index (χ2v) is 3.88. The molecule has 0 aromatic carbocycles. The topological polar surface area (TPSA) is 28.5 Å². The van der Waals surface area contributed by atoms with Crippen LogP contribution in [0.2, 0.25) is 0 Å². The van der Waals surface area contributed by atoms with Gasteiger partial charge in [-0.2, -0.15) is 0 Å². The number of aliphatic imine (C=N–C) groups is 1. The van der Waals surface area contributed by atoms with Crippen molar-refractivity contribution in [2.45, 2.75) is 6.92 Å². The Labute approximate surface area is 86.6 Å². The highest BCUT2D eigenvalue weighted by Gasteiger charge is 1.97. The van der Waals surface area contributed by atoms with Gasteiger partial charge in [0.2, 0.25) is 0 Å². The van der Waals surface area contributed by atoms with Gasteiger partial charge in [-0.15, -0.1) is 0 Å². The summed E-state index contributed by atoms with van der Waals surface area (Å²) >= 11 is 3.40. The zero-order chi connectivity index (χ0) is 9.84. The fourth-order valence-corrected chi connectivity index (χ4v) is 1.36. The van der Waals surface area contributed by atoms with E-state index in [1.165, 1.54) is 0 Å². The SMILES string of the molecule is Cc1cnc(/N=C/N(C)C)c(Br)c1. The first kappa shape index (κ1) is 10.2. The number of pyridine rings is 1. The van der Waals surface area contributed by atoms with Crippen molar-refractivity contribution < 1.29 is 0 Å². The van der Waals surface area contributed by atoms with Crippen LogP contribution in [0, 0.1) is 6.92 Å². The van der Waals surface area contributed by atoms with Crippen LogP contribution >= 0.6 is 15.9 Å². The lowest BCUT2D eigenvalue weighted by Crippen LogP contribution is -2.07. The summed E-state index contributed by atoms with van der Waals surface area (Å²) in [7, 11) is 3.84. The van der Waals surface area contributed by atoms with Crippen molar-refractivity contribution in [3.05, 3.63) is 22.3 Å². The number of hydrogen-bond acceptors (Lipinski definition) is 2. The fourth-order valence-electron chi connectivity index (χ4n) is 0.791. The maximum absolute atomic E-state index is 4.19. The van der Waals surface area contributed by atoms with Gasteiger partial charge in [-0.25, -0.2) is 9.98 Å². The molecule has 0 N–H and O–H groups in total. The maximum atomic E-state index is 4.19. The Balaban J connectivity index is 2.90. The third kappa shape index (κ3) is 3.14. The number of nitrogens with zero attached hydrogens (tertiary/aromatic N) is 3. The summed E-state index contributed by atoms with van der Waals surface area (Å²) in [6.07, 6.45) is 3.52. The molecule has 3 nitrogen and oxygen atoms in total. The van der Waals surface area contributed by atoms with Gasteiger partial charge in [-0.1, -0.05) is 0 Å². The van der Waals surface area contributed by atoms with Gasteiger partial charge in [0.25, 0.3) is 0 Å². The molecule has 0 aliphatic carbocycles. The Morgan fingerprint density at radius 1 is 1.54 bits per heavy atom. The number of halogens is 1. The standard InChI is InChI=1S/C9H12BrN3/c1-7-4-8(10)9(11-5-7)12-6-13(2)3/h4-6H,1-3H3/b12-6+. The number of aromatic nitrogens is 1. The zero-order valence-electron chi connectivity index (χ0n) is 7.95. The van der Waals surface area contributed by atoms with Gasteiger partial charge in [-0.3, -0.25) is 0 Å². The van der Waals surface area contributed by atoms with E-state index in [9.17, 15) is 0 Å². The van der Waals surface area contributed by atoms with Crippen molar-refractivity contribution in [3.63, 3.8) is 0 Å². The van der Waals surface area contributed by atoms with E-state index in [4.69, 9.17) is 0 Å². The molecule has 0 saturated carbocycles. The average molecular weight is 242 g/mol. The summed E-state index contributed by atoms with van der Waals surface area (Å²) in [5, 5.41) is 0. The van der Waals surface area contributed by atoms with Gasteiger partial charge in [0.05, 0.1) is 10.8 Å². The van der Waals surface area contributed by atoms with Crippen molar-refractivity contribution >= 4 is 28.1 Å². The van der Waals surface area contributed by atoms with Crippen molar-refractivity contribution in [1.29, 1.82) is 0 Å². The molecule has 4 heteroatoms. The molecule has 0 atom stereocenters. The highest BCUT2D eigenvalue weighted by atomic mass is 79.9. The van der Waals surface area contributed by atoms with Gasteiger partial charge in [0.15, 0.2) is 5.82 Å². The van der Waals surface area contributed by atoms with E-state index in [1.54, 1.807) is 12.5 Å². The van der Waals surface area contributed by atoms with Crippen LogP contribution < -0.4 is 0 Å². The molecule has 0 amide bonds. The lowest BCUT2D eigenvalue weighted by atomic mass is 10.3. The van der Waals surface area contributed by atoms with Gasteiger partial charge >= 0.3 is 0 Å². The van der Waals surface area contributed by atoms with Gasteiger partial charge in [0, 0.05) is 20.3 Å². The minimum Gasteiger partial charge on any atom is -0.369 e. The quantitative estimate of drug-likeness (QED) is 0.588. The summed E-state index contributed by atoms with van der Waals surface area (Å²) in [4.78, 5) is 10.2. The molecule has 0 aliphatic rings. The average Bonchev–Trinajstić information content (AvgIpc) is 2.02. The zero-order valence-corrected chi connectivity index (χ0v) is 9.54. The predicted octanol–water partition coefficient (Wildman–Crippen LogP) is 2.37. The van der Waals surface area contributed by atoms with Gasteiger partial charge < -0.3 is 4.90 Å². The third-order valence-electron chi connectivity index (χ3n) is 1.37. The summed E-state index contributed by atoms with van der Waals surface area (Å²) < 4.78 is 0.922. The van der Waals surface area contributed by atoms with E-state index in [2.05, 4.69) is 25.9 Å². The summed E-state index contributed by atoms with van der Waals surface area (Å²) in [5.74, 6) is 0.708. The molecule has 1 rings (SSSR count). The second-order valence-electron chi connectivity index (χ2n) is 3.03. The van der Waals surface area contributed by atoms with E-state index in [1.807, 2.05) is 32.0 Å². The van der Waals surface area contributed by atoms with Crippen LogP contribution in [0.15, 0.2) is 21.7 Å². The van der Waals surface area contributed by atoms with Crippen LogP contribution in [0.3, 0.4) is 0 Å². The van der Waals surface area contributed by atoms with E-state index in [0.29, 0.717) is 5.82 Å². The summed E-state index contributed by atoms with van der Waals surface area (Å²) in [6, 6.07) is 2.00.